The lowest BCUT2D eigenvalue weighted by molar-refractivity contribution is 0.625. The molecule has 19 heavy (non-hydrogen) atoms. The van der Waals surface area contributed by atoms with Crippen LogP contribution in [0.1, 0.15) is 11.3 Å². The average Bonchev–Trinajstić information content (AvgIpc) is 2.87. The summed E-state index contributed by atoms with van der Waals surface area (Å²) in [5.41, 5.74) is 2.24. The van der Waals surface area contributed by atoms with E-state index in [1.807, 2.05) is 0 Å². The van der Waals surface area contributed by atoms with Crippen molar-refractivity contribution < 1.29 is 4.39 Å². The third-order valence-corrected chi connectivity index (χ3v) is 3.22. The number of benzene rings is 1. The van der Waals surface area contributed by atoms with Gasteiger partial charge in [-0.3, -0.25) is 4.79 Å². The minimum atomic E-state index is -0.311. The lowest BCUT2D eigenvalue weighted by Crippen LogP contribution is -2.13. The van der Waals surface area contributed by atoms with Crippen LogP contribution in [0.25, 0.3) is 17.1 Å². The van der Waals surface area contributed by atoms with Crippen LogP contribution in [0.15, 0.2) is 40.6 Å². The Morgan fingerprint density at radius 1 is 1.26 bits per heavy atom. The van der Waals surface area contributed by atoms with E-state index >= 15 is 0 Å². The Balaban J connectivity index is 2.02. The molecule has 0 radical (unpaired) electrons. The second-order valence-electron chi connectivity index (χ2n) is 3.81. The van der Waals surface area contributed by atoms with Crippen molar-refractivity contribution in [2.75, 3.05) is 0 Å². The Bertz CT molecular complexity index is 822. The zero-order chi connectivity index (χ0) is 13.2. The standard InChI is InChI=1S/C13H8FN3OS/c14-11-4-2-1-3-9(11)5-6-10-7-12(18)17-13(16-10)19-8-15-17/h1-8H/b6-5+. The van der Waals surface area contributed by atoms with Crippen LogP contribution in [0.3, 0.4) is 0 Å². The van der Waals surface area contributed by atoms with Gasteiger partial charge in [-0.05, 0) is 18.2 Å². The zero-order valence-corrected chi connectivity index (χ0v) is 10.5. The van der Waals surface area contributed by atoms with Gasteiger partial charge in [-0.15, -0.1) is 0 Å². The summed E-state index contributed by atoms with van der Waals surface area (Å²) in [6.45, 7) is 0. The van der Waals surface area contributed by atoms with E-state index in [1.54, 1.807) is 35.9 Å². The van der Waals surface area contributed by atoms with Gasteiger partial charge >= 0.3 is 0 Å². The van der Waals surface area contributed by atoms with Crippen molar-refractivity contribution in [1.82, 2.24) is 14.6 Å². The molecular weight excluding hydrogens is 265 g/mol. The summed E-state index contributed by atoms with van der Waals surface area (Å²) in [5.74, 6) is -0.311. The molecule has 0 N–H and O–H groups in total. The third-order valence-electron chi connectivity index (χ3n) is 2.55. The summed E-state index contributed by atoms with van der Waals surface area (Å²) in [5, 5.41) is 3.87. The Kier molecular flexibility index (Phi) is 2.92. The molecule has 2 heterocycles. The van der Waals surface area contributed by atoms with Crippen molar-refractivity contribution in [3.63, 3.8) is 0 Å². The van der Waals surface area contributed by atoms with Crippen LogP contribution in [0.2, 0.25) is 0 Å². The molecule has 1 aromatic carbocycles. The van der Waals surface area contributed by atoms with Crippen LogP contribution < -0.4 is 5.56 Å². The van der Waals surface area contributed by atoms with Gasteiger partial charge < -0.3 is 0 Å². The summed E-state index contributed by atoms with van der Waals surface area (Å²) in [4.78, 5) is 16.5. The second kappa shape index (κ2) is 4.74. The molecule has 0 aliphatic rings. The first-order valence-electron chi connectivity index (χ1n) is 5.50. The molecule has 0 saturated carbocycles. The average molecular weight is 273 g/mol. The van der Waals surface area contributed by atoms with Crippen LogP contribution in [-0.4, -0.2) is 14.6 Å². The van der Waals surface area contributed by atoms with Gasteiger partial charge in [0.15, 0.2) is 0 Å². The summed E-state index contributed by atoms with van der Waals surface area (Å²) < 4.78 is 14.7. The van der Waals surface area contributed by atoms with Gasteiger partial charge in [-0.1, -0.05) is 29.5 Å². The fraction of sp³-hybridized carbons (Fsp3) is 0. The normalized spacial score (nSPS) is 11.4. The maximum absolute atomic E-state index is 13.4. The van der Waals surface area contributed by atoms with Gasteiger partial charge in [-0.25, -0.2) is 9.37 Å². The highest BCUT2D eigenvalue weighted by atomic mass is 32.1. The number of hydrogen-bond acceptors (Lipinski definition) is 4. The molecule has 0 aliphatic carbocycles. The van der Waals surface area contributed by atoms with E-state index in [0.29, 0.717) is 16.2 Å². The predicted octanol–water partition coefficient (Wildman–Crippen LogP) is 2.46. The Morgan fingerprint density at radius 2 is 2.11 bits per heavy atom. The number of nitrogens with zero attached hydrogens (tertiary/aromatic N) is 3. The Labute approximate surface area is 111 Å². The molecule has 4 nitrogen and oxygen atoms in total. The minimum absolute atomic E-state index is 0.251. The second-order valence-corrected chi connectivity index (χ2v) is 4.62. The molecule has 0 saturated heterocycles. The lowest BCUT2D eigenvalue weighted by atomic mass is 10.2. The smallest absolute Gasteiger partial charge is 0.267 e. The molecule has 0 spiro atoms. The van der Waals surface area contributed by atoms with Crippen molar-refractivity contribution in [1.29, 1.82) is 0 Å². The summed E-state index contributed by atoms with van der Waals surface area (Å²) in [6, 6.07) is 7.78. The number of halogens is 1. The highest BCUT2D eigenvalue weighted by molar-refractivity contribution is 7.14. The van der Waals surface area contributed by atoms with Crippen LogP contribution in [0.4, 0.5) is 4.39 Å². The topological polar surface area (TPSA) is 47.3 Å². The van der Waals surface area contributed by atoms with Gasteiger partial charge in [0.05, 0.1) is 5.69 Å². The van der Waals surface area contributed by atoms with E-state index in [0.717, 1.165) is 0 Å². The molecule has 2 aromatic heterocycles. The number of hydrogen-bond donors (Lipinski definition) is 0. The number of fused-ring (bicyclic) bond motifs is 1. The van der Waals surface area contributed by atoms with Crippen molar-refractivity contribution in [2.45, 2.75) is 0 Å². The van der Waals surface area contributed by atoms with E-state index in [-0.39, 0.29) is 11.4 Å². The molecular formula is C13H8FN3OS. The highest BCUT2D eigenvalue weighted by Crippen LogP contribution is 2.11. The molecule has 6 heteroatoms. The summed E-state index contributed by atoms with van der Waals surface area (Å²) in [7, 11) is 0. The van der Waals surface area contributed by atoms with E-state index in [1.165, 1.54) is 28.0 Å². The maximum Gasteiger partial charge on any atom is 0.275 e. The van der Waals surface area contributed by atoms with E-state index in [9.17, 15) is 9.18 Å². The molecule has 0 fully saturated rings. The van der Waals surface area contributed by atoms with Crippen molar-refractivity contribution in [2.24, 2.45) is 0 Å². The maximum atomic E-state index is 13.4. The van der Waals surface area contributed by atoms with Crippen LogP contribution in [0, 0.1) is 5.82 Å². The molecule has 94 valence electrons. The van der Waals surface area contributed by atoms with Crippen molar-refractivity contribution in [3.8, 4) is 0 Å². The summed E-state index contributed by atoms with van der Waals surface area (Å²) in [6.07, 6.45) is 3.20. The quantitative estimate of drug-likeness (QED) is 0.720. The van der Waals surface area contributed by atoms with Crippen molar-refractivity contribution in [3.05, 3.63) is 63.3 Å². The van der Waals surface area contributed by atoms with Gasteiger partial charge in [0, 0.05) is 11.6 Å². The SMILES string of the molecule is O=c1cc(/C=C/c2ccccc2F)nc2scnn12. The van der Waals surface area contributed by atoms with Gasteiger partial charge in [0.1, 0.15) is 11.3 Å². The molecule has 0 unspecified atom stereocenters. The first-order chi connectivity index (χ1) is 9.24. The van der Waals surface area contributed by atoms with Crippen LogP contribution in [0.5, 0.6) is 0 Å². The monoisotopic (exact) mass is 273 g/mol. The van der Waals surface area contributed by atoms with E-state index in [4.69, 9.17) is 0 Å². The fourth-order valence-corrected chi connectivity index (χ4v) is 2.27. The zero-order valence-electron chi connectivity index (χ0n) is 9.65. The van der Waals surface area contributed by atoms with Crippen LogP contribution >= 0.6 is 11.3 Å². The number of aromatic nitrogens is 3. The largest absolute Gasteiger partial charge is 0.275 e. The van der Waals surface area contributed by atoms with E-state index in [2.05, 4.69) is 10.1 Å². The van der Waals surface area contributed by atoms with Gasteiger partial charge in [0.2, 0.25) is 4.96 Å². The Hall–Kier alpha value is -2.34. The summed E-state index contributed by atoms with van der Waals surface area (Å²) >= 11 is 1.27. The first-order valence-corrected chi connectivity index (χ1v) is 6.38. The fourth-order valence-electron chi connectivity index (χ4n) is 1.64. The molecule has 0 bridgehead atoms. The first kappa shape index (κ1) is 11.7. The minimum Gasteiger partial charge on any atom is -0.267 e. The highest BCUT2D eigenvalue weighted by Gasteiger charge is 2.02. The molecule has 0 atom stereocenters. The van der Waals surface area contributed by atoms with Gasteiger partial charge in [-0.2, -0.15) is 9.61 Å². The Morgan fingerprint density at radius 3 is 2.95 bits per heavy atom. The third kappa shape index (κ3) is 2.30. The van der Waals surface area contributed by atoms with Gasteiger partial charge in [0.25, 0.3) is 5.56 Å². The van der Waals surface area contributed by atoms with Crippen LogP contribution in [-0.2, 0) is 0 Å². The molecule has 0 amide bonds. The molecule has 3 rings (SSSR count). The lowest BCUT2D eigenvalue weighted by Gasteiger charge is -1.96. The van der Waals surface area contributed by atoms with Crippen molar-refractivity contribution >= 4 is 28.4 Å². The molecule has 3 aromatic rings. The molecule has 0 aliphatic heterocycles. The predicted molar refractivity (Wildman–Crippen MR) is 72.5 cm³/mol. The van der Waals surface area contributed by atoms with E-state index < -0.39 is 0 Å². The number of rotatable bonds is 2.